The van der Waals surface area contributed by atoms with Crippen LogP contribution in [0.5, 0.6) is 0 Å². The Morgan fingerprint density at radius 2 is 2.00 bits per heavy atom. The second-order valence-corrected chi connectivity index (χ2v) is 2.90. The zero-order valence-electron chi connectivity index (χ0n) is 6.27. The molecule has 0 aromatic rings. The maximum absolute atomic E-state index is 12.1. The van der Waals surface area contributed by atoms with Gasteiger partial charge in [-0.2, -0.15) is 8.78 Å². The van der Waals surface area contributed by atoms with E-state index in [0.29, 0.717) is 0 Å². The molecule has 0 heterocycles. The average molecular weight is 245 g/mol. The van der Waals surface area contributed by atoms with E-state index in [1.165, 1.54) is 6.92 Å². The minimum Gasteiger partial charge on any atom is -0.466 e. The van der Waals surface area contributed by atoms with Crippen molar-refractivity contribution in [3.05, 3.63) is 0 Å². The predicted octanol–water partition coefficient (Wildman–Crippen LogP) is 1.50. The topological polar surface area (TPSA) is 43.4 Å². The Morgan fingerprint density at radius 1 is 1.50 bits per heavy atom. The van der Waals surface area contributed by atoms with E-state index in [0.717, 1.165) is 0 Å². The lowest BCUT2D eigenvalue weighted by Crippen LogP contribution is -2.24. The number of carbonyl (C=O) groups is 2. The fourth-order valence-corrected chi connectivity index (χ4v) is 0.584. The van der Waals surface area contributed by atoms with E-state index >= 15 is 0 Å². The largest absolute Gasteiger partial charge is 0.466 e. The minimum atomic E-state index is -3.64. The van der Waals surface area contributed by atoms with Gasteiger partial charge in [-0.1, -0.05) is 0 Å². The minimum absolute atomic E-state index is 0.0694. The van der Waals surface area contributed by atoms with Crippen LogP contribution in [-0.4, -0.2) is 23.2 Å². The van der Waals surface area contributed by atoms with E-state index in [1.54, 1.807) is 0 Å². The molecule has 0 unspecified atom stereocenters. The predicted molar refractivity (Wildman–Crippen MR) is 40.1 cm³/mol. The number of hydrogen-bond donors (Lipinski definition) is 0. The molecule has 0 spiro atoms. The molecular weight excluding hydrogens is 238 g/mol. The summed E-state index contributed by atoms with van der Waals surface area (Å²) in [6, 6.07) is 0. The standard InChI is InChI=1S/C6H7BrF2O3/c1-2-12-5(11)3-4(10)6(7,8)9/h2-3H2,1H3. The lowest BCUT2D eigenvalue weighted by molar-refractivity contribution is -0.148. The van der Waals surface area contributed by atoms with Crippen molar-refractivity contribution in [2.24, 2.45) is 0 Å². The van der Waals surface area contributed by atoms with Crippen LogP contribution in [0.2, 0.25) is 0 Å². The summed E-state index contributed by atoms with van der Waals surface area (Å²) in [7, 11) is 0. The molecule has 0 aliphatic rings. The molecule has 0 N–H and O–H groups in total. The first kappa shape index (κ1) is 11.5. The van der Waals surface area contributed by atoms with Crippen LogP contribution in [0.3, 0.4) is 0 Å². The van der Waals surface area contributed by atoms with Gasteiger partial charge in [0.25, 0.3) is 0 Å². The van der Waals surface area contributed by atoms with Gasteiger partial charge in [-0.25, -0.2) is 0 Å². The summed E-state index contributed by atoms with van der Waals surface area (Å²) in [5.74, 6) is -2.44. The molecule has 0 fully saturated rings. The highest BCUT2D eigenvalue weighted by Crippen LogP contribution is 2.24. The van der Waals surface area contributed by atoms with Crippen molar-refractivity contribution >= 4 is 27.7 Å². The fourth-order valence-electron chi connectivity index (χ4n) is 0.443. The Labute approximate surface area is 76.2 Å². The van der Waals surface area contributed by atoms with Crippen molar-refractivity contribution in [1.29, 1.82) is 0 Å². The number of alkyl halides is 3. The van der Waals surface area contributed by atoms with E-state index in [1.807, 2.05) is 15.9 Å². The molecule has 0 aromatic heterocycles. The van der Waals surface area contributed by atoms with E-state index in [2.05, 4.69) is 4.74 Å². The van der Waals surface area contributed by atoms with Crippen molar-refractivity contribution in [1.82, 2.24) is 0 Å². The highest BCUT2D eigenvalue weighted by Gasteiger charge is 2.36. The van der Waals surface area contributed by atoms with Crippen LogP contribution >= 0.6 is 15.9 Å². The molecule has 12 heavy (non-hydrogen) atoms. The Kier molecular flexibility index (Phi) is 4.30. The molecule has 6 heteroatoms. The average Bonchev–Trinajstić information content (AvgIpc) is 1.85. The molecule has 0 radical (unpaired) electrons. The van der Waals surface area contributed by atoms with E-state index < -0.39 is 23.0 Å². The molecule has 70 valence electrons. The molecule has 0 aliphatic heterocycles. The normalized spacial score (nSPS) is 11.0. The molecule has 0 bridgehead atoms. The summed E-state index contributed by atoms with van der Waals surface area (Å²) >= 11 is 1.83. The second-order valence-electron chi connectivity index (χ2n) is 1.90. The second kappa shape index (κ2) is 4.49. The van der Waals surface area contributed by atoms with Crippen molar-refractivity contribution in [3.8, 4) is 0 Å². The smallest absolute Gasteiger partial charge is 0.359 e. The fraction of sp³-hybridized carbons (Fsp3) is 0.667. The molecule has 0 saturated carbocycles. The molecule has 0 rings (SSSR count). The highest BCUT2D eigenvalue weighted by atomic mass is 79.9. The third kappa shape index (κ3) is 4.38. The first-order valence-electron chi connectivity index (χ1n) is 3.13. The van der Waals surface area contributed by atoms with E-state index in [4.69, 9.17) is 0 Å². The van der Waals surface area contributed by atoms with Gasteiger partial charge in [0.2, 0.25) is 5.78 Å². The van der Waals surface area contributed by atoms with E-state index in [9.17, 15) is 18.4 Å². The van der Waals surface area contributed by atoms with Gasteiger partial charge in [0.05, 0.1) is 6.61 Å². The van der Waals surface area contributed by atoms with Crippen LogP contribution in [0.4, 0.5) is 8.78 Å². The van der Waals surface area contributed by atoms with Gasteiger partial charge >= 0.3 is 10.8 Å². The van der Waals surface area contributed by atoms with Gasteiger partial charge in [-0.05, 0) is 22.9 Å². The molecule has 0 saturated heterocycles. The van der Waals surface area contributed by atoms with Crippen LogP contribution in [-0.2, 0) is 14.3 Å². The van der Waals surface area contributed by atoms with Crippen molar-refractivity contribution in [2.75, 3.05) is 6.61 Å². The molecule has 0 aliphatic carbocycles. The van der Waals surface area contributed by atoms with Crippen LogP contribution < -0.4 is 0 Å². The molecule has 3 nitrogen and oxygen atoms in total. The lowest BCUT2D eigenvalue weighted by atomic mass is 10.3. The maximum atomic E-state index is 12.1. The van der Waals surface area contributed by atoms with Crippen LogP contribution in [0.15, 0.2) is 0 Å². The van der Waals surface area contributed by atoms with Gasteiger partial charge in [0.1, 0.15) is 6.42 Å². The molecule has 0 atom stereocenters. The van der Waals surface area contributed by atoms with Crippen molar-refractivity contribution < 1.29 is 23.1 Å². The Bertz CT molecular complexity index is 188. The van der Waals surface area contributed by atoms with Crippen molar-refractivity contribution in [2.45, 2.75) is 18.2 Å². The highest BCUT2D eigenvalue weighted by molar-refractivity contribution is 9.10. The number of Topliss-reactive ketones (excluding diaryl/α,β-unsaturated/α-hetero) is 1. The number of carbonyl (C=O) groups excluding carboxylic acids is 2. The van der Waals surface area contributed by atoms with Gasteiger partial charge in [0, 0.05) is 0 Å². The Hall–Kier alpha value is -0.520. The zero-order valence-corrected chi connectivity index (χ0v) is 7.86. The Morgan fingerprint density at radius 3 is 2.33 bits per heavy atom. The van der Waals surface area contributed by atoms with Gasteiger partial charge in [0.15, 0.2) is 0 Å². The zero-order chi connectivity index (χ0) is 9.78. The number of ketones is 1. The third-order valence-corrected chi connectivity index (χ3v) is 1.37. The SMILES string of the molecule is CCOC(=O)CC(=O)C(F)(F)Br. The first-order valence-corrected chi connectivity index (χ1v) is 3.93. The number of hydrogen-bond acceptors (Lipinski definition) is 3. The molecule has 0 aromatic carbocycles. The first-order chi connectivity index (χ1) is 5.38. The number of rotatable bonds is 4. The summed E-state index contributed by atoms with van der Waals surface area (Å²) < 4.78 is 28.4. The van der Waals surface area contributed by atoms with Crippen LogP contribution in [0.25, 0.3) is 0 Å². The number of ether oxygens (including phenoxy) is 1. The summed E-state index contributed by atoms with van der Waals surface area (Å²) in [4.78, 5) is 17.3. The quantitative estimate of drug-likeness (QED) is 0.428. The third-order valence-electron chi connectivity index (χ3n) is 0.926. The monoisotopic (exact) mass is 244 g/mol. The van der Waals surface area contributed by atoms with Gasteiger partial charge < -0.3 is 4.74 Å². The molecule has 0 amide bonds. The summed E-state index contributed by atoms with van der Waals surface area (Å²) in [5.41, 5.74) is 0. The van der Waals surface area contributed by atoms with E-state index in [-0.39, 0.29) is 6.61 Å². The lowest BCUT2D eigenvalue weighted by Gasteiger charge is -2.05. The molecular formula is C6H7BrF2O3. The van der Waals surface area contributed by atoms with Crippen molar-refractivity contribution in [3.63, 3.8) is 0 Å². The number of esters is 1. The van der Waals surface area contributed by atoms with Gasteiger partial charge in [-0.3, -0.25) is 9.59 Å². The number of halogens is 3. The van der Waals surface area contributed by atoms with Gasteiger partial charge in [-0.15, -0.1) is 0 Å². The summed E-state index contributed by atoms with van der Waals surface area (Å²) in [6.07, 6.45) is -0.911. The Balaban J connectivity index is 3.94. The summed E-state index contributed by atoms with van der Waals surface area (Å²) in [6.45, 7) is 1.59. The van der Waals surface area contributed by atoms with Crippen LogP contribution in [0, 0.1) is 0 Å². The summed E-state index contributed by atoms with van der Waals surface area (Å²) in [5, 5.41) is 0. The van der Waals surface area contributed by atoms with Crippen LogP contribution in [0.1, 0.15) is 13.3 Å². The maximum Gasteiger partial charge on any atom is 0.359 e.